The van der Waals surface area contributed by atoms with Crippen LogP contribution in [0.25, 0.3) is 0 Å². The van der Waals surface area contributed by atoms with Crippen LogP contribution in [0.15, 0.2) is 0 Å². The molecule has 0 saturated carbocycles. The average Bonchev–Trinajstić information content (AvgIpc) is 2.34. The largest absolute Gasteiger partial charge is 0.393 e. The summed E-state index contributed by atoms with van der Waals surface area (Å²) in [6.45, 7) is 9.02. The maximum Gasteiger partial charge on any atom is 0.254 e. The van der Waals surface area contributed by atoms with Crippen LogP contribution in [-0.2, 0) is 9.53 Å². The molecule has 0 aliphatic carbocycles. The van der Waals surface area contributed by atoms with E-state index >= 15 is 0 Å². The molecule has 0 spiro atoms. The van der Waals surface area contributed by atoms with E-state index in [4.69, 9.17) is 4.74 Å². The van der Waals surface area contributed by atoms with E-state index in [1.165, 1.54) is 0 Å². The Morgan fingerprint density at radius 1 is 1.47 bits per heavy atom. The Morgan fingerprint density at radius 2 is 2.06 bits per heavy atom. The molecule has 1 N–H and O–H groups in total. The highest BCUT2D eigenvalue weighted by atomic mass is 16.5. The number of rotatable bonds is 2. The number of ether oxygens (including phenoxy) is 1. The minimum atomic E-state index is -0.786. The SMILES string of the molecule is COC(C)(C)C(=O)N1CCC(O)CC(C)(C)C1. The summed E-state index contributed by atoms with van der Waals surface area (Å²) in [6.07, 6.45) is 1.08. The van der Waals surface area contributed by atoms with Crippen molar-refractivity contribution in [1.82, 2.24) is 4.90 Å². The Morgan fingerprint density at radius 3 is 2.59 bits per heavy atom. The lowest BCUT2D eigenvalue weighted by Gasteiger charge is -2.34. The molecule has 0 aromatic carbocycles. The molecule has 100 valence electrons. The highest BCUT2D eigenvalue weighted by Crippen LogP contribution is 2.29. The molecule has 4 heteroatoms. The number of carbonyl (C=O) groups is 1. The third-order valence-electron chi connectivity index (χ3n) is 3.45. The number of carbonyl (C=O) groups excluding carboxylic acids is 1. The van der Waals surface area contributed by atoms with Gasteiger partial charge in [-0.1, -0.05) is 13.8 Å². The van der Waals surface area contributed by atoms with Crippen LogP contribution < -0.4 is 0 Å². The van der Waals surface area contributed by atoms with Crippen LogP contribution in [0.2, 0.25) is 0 Å². The van der Waals surface area contributed by atoms with E-state index in [9.17, 15) is 9.90 Å². The first-order valence-corrected chi connectivity index (χ1v) is 6.20. The fraction of sp³-hybridized carbons (Fsp3) is 0.923. The lowest BCUT2D eigenvalue weighted by atomic mass is 9.86. The second-order valence-electron chi connectivity index (χ2n) is 6.25. The van der Waals surface area contributed by atoms with Gasteiger partial charge in [-0.05, 0) is 32.1 Å². The average molecular weight is 243 g/mol. The first-order valence-electron chi connectivity index (χ1n) is 6.20. The van der Waals surface area contributed by atoms with E-state index in [2.05, 4.69) is 13.8 Å². The lowest BCUT2D eigenvalue weighted by molar-refractivity contribution is -0.152. The summed E-state index contributed by atoms with van der Waals surface area (Å²) in [4.78, 5) is 14.1. The zero-order valence-corrected chi connectivity index (χ0v) is 11.6. The fourth-order valence-corrected chi connectivity index (χ4v) is 2.35. The topological polar surface area (TPSA) is 49.8 Å². The van der Waals surface area contributed by atoms with Gasteiger partial charge in [0.25, 0.3) is 5.91 Å². The van der Waals surface area contributed by atoms with Gasteiger partial charge in [0.2, 0.25) is 0 Å². The predicted molar refractivity (Wildman–Crippen MR) is 66.7 cm³/mol. The van der Waals surface area contributed by atoms with Crippen molar-refractivity contribution in [2.24, 2.45) is 5.41 Å². The number of methoxy groups -OCH3 is 1. The third-order valence-corrected chi connectivity index (χ3v) is 3.45. The molecule has 1 heterocycles. The monoisotopic (exact) mass is 243 g/mol. The van der Waals surface area contributed by atoms with Gasteiger partial charge < -0.3 is 14.7 Å². The number of nitrogens with zero attached hydrogens (tertiary/aromatic N) is 1. The Labute approximate surface area is 104 Å². The van der Waals surface area contributed by atoms with Gasteiger partial charge in [-0.2, -0.15) is 0 Å². The minimum absolute atomic E-state index is 0.00201. The summed E-state index contributed by atoms with van der Waals surface area (Å²) >= 11 is 0. The van der Waals surface area contributed by atoms with Gasteiger partial charge in [0.05, 0.1) is 6.10 Å². The first-order chi connectivity index (χ1) is 7.68. The van der Waals surface area contributed by atoms with E-state index in [1.807, 2.05) is 4.90 Å². The lowest BCUT2D eigenvalue weighted by Crippen LogP contribution is -2.48. The summed E-state index contributed by atoms with van der Waals surface area (Å²) in [7, 11) is 1.55. The highest BCUT2D eigenvalue weighted by Gasteiger charge is 2.37. The Balaban J connectivity index is 2.81. The zero-order valence-electron chi connectivity index (χ0n) is 11.6. The summed E-state index contributed by atoms with van der Waals surface area (Å²) in [5, 5.41) is 9.82. The standard InChI is InChI=1S/C13H25NO3/c1-12(2)8-10(15)6-7-14(9-12)11(16)13(3,4)17-5/h10,15H,6-9H2,1-5H3. The minimum Gasteiger partial charge on any atom is -0.393 e. The maximum absolute atomic E-state index is 12.3. The van der Waals surface area contributed by atoms with Crippen molar-refractivity contribution in [2.45, 2.75) is 52.2 Å². The maximum atomic E-state index is 12.3. The third kappa shape index (κ3) is 3.68. The van der Waals surface area contributed by atoms with Crippen molar-refractivity contribution in [3.05, 3.63) is 0 Å². The highest BCUT2D eigenvalue weighted by molar-refractivity contribution is 5.84. The van der Waals surface area contributed by atoms with Gasteiger partial charge in [-0.3, -0.25) is 4.79 Å². The first kappa shape index (κ1) is 14.5. The van der Waals surface area contributed by atoms with Gasteiger partial charge in [-0.25, -0.2) is 0 Å². The quantitative estimate of drug-likeness (QED) is 0.798. The van der Waals surface area contributed by atoms with Crippen LogP contribution >= 0.6 is 0 Å². The van der Waals surface area contributed by atoms with E-state index < -0.39 is 5.60 Å². The van der Waals surface area contributed by atoms with Gasteiger partial charge >= 0.3 is 0 Å². The van der Waals surface area contributed by atoms with Gasteiger partial charge in [-0.15, -0.1) is 0 Å². The van der Waals surface area contributed by atoms with Crippen LogP contribution in [0, 0.1) is 5.41 Å². The number of aliphatic hydroxyl groups excluding tert-OH is 1. The van der Waals surface area contributed by atoms with E-state index in [0.717, 1.165) is 6.42 Å². The zero-order chi connectivity index (χ0) is 13.3. The molecule has 1 saturated heterocycles. The van der Waals surface area contributed by atoms with E-state index in [0.29, 0.717) is 19.5 Å². The van der Waals surface area contributed by atoms with Crippen molar-refractivity contribution in [2.75, 3.05) is 20.2 Å². The van der Waals surface area contributed by atoms with Crippen molar-refractivity contribution in [1.29, 1.82) is 0 Å². The molecule has 0 aromatic heterocycles. The molecule has 17 heavy (non-hydrogen) atoms. The number of aliphatic hydroxyl groups is 1. The number of hydrogen-bond donors (Lipinski definition) is 1. The van der Waals surface area contributed by atoms with Gasteiger partial charge in [0, 0.05) is 20.2 Å². The Hall–Kier alpha value is -0.610. The normalized spacial score (nSPS) is 25.5. The molecule has 1 aliphatic heterocycles. The molecule has 1 rings (SSSR count). The fourth-order valence-electron chi connectivity index (χ4n) is 2.35. The van der Waals surface area contributed by atoms with E-state index in [-0.39, 0.29) is 17.4 Å². The van der Waals surface area contributed by atoms with Crippen molar-refractivity contribution >= 4 is 5.91 Å². The number of hydrogen-bond acceptors (Lipinski definition) is 3. The van der Waals surface area contributed by atoms with Gasteiger partial charge in [0.15, 0.2) is 0 Å². The molecule has 0 aromatic rings. The molecule has 0 bridgehead atoms. The van der Waals surface area contributed by atoms with Crippen LogP contribution in [-0.4, -0.2) is 47.8 Å². The molecule has 1 unspecified atom stereocenters. The van der Waals surface area contributed by atoms with Crippen molar-refractivity contribution < 1.29 is 14.6 Å². The summed E-state index contributed by atoms with van der Waals surface area (Å²) in [5.74, 6) is 0.00201. The molecular formula is C13H25NO3. The van der Waals surface area contributed by atoms with Crippen molar-refractivity contribution in [3.63, 3.8) is 0 Å². The second-order valence-corrected chi connectivity index (χ2v) is 6.25. The Kier molecular flexibility index (Phi) is 4.20. The van der Waals surface area contributed by atoms with Crippen LogP contribution in [0.5, 0.6) is 0 Å². The molecule has 0 radical (unpaired) electrons. The molecule has 1 amide bonds. The van der Waals surface area contributed by atoms with E-state index in [1.54, 1.807) is 21.0 Å². The summed E-state index contributed by atoms with van der Waals surface area (Å²) < 4.78 is 5.23. The molecule has 1 atom stereocenters. The van der Waals surface area contributed by atoms with Crippen molar-refractivity contribution in [3.8, 4) is 0 Å². The molecule has 1 aliphatic rings. The second kappa shape index (κ2) is 4.94. The predicted octanol–water partition coefficient (Wildman–Crippen LogP) is 1.42. The molecular weight excluding hydrogens is 218 g/mol. The number of likely N-dealkylation sites (tertiary alicyclic amines) is 1. The summed E-state index contributed by atoms with van der Waals surface area (Å²) in [6, 6.07) is 0. The van der Waals surface area contributed by atoms with Gasteiger partial charge in [0.1, 0.15) is 5.60 Å². The summed E-state index contributed by atoms with van der Waals surface area (Å²) in [5.41, 5.74) is -0.833. The van der Waals surface area contributed by atoms with Crippen LogP contribution in [0.4, 0.5) is 0 Å². The van der Waals surface area contributed by atoms with Crippen LogP contribution in [0.3, 0.4) is 0 Å². The van der Waals surface area contributed by atoms with Crippen LogP contribution in [0.1, 0.15) is 40.5 Å². The Bertz CT molecular complexity index is 286. The smallest absolute Gasteiger partial charge is 0.254 e. The molecule has 4 nitrogen and oxygen atoms in total. The molecule has 1 fully saturated rings. The number of amides is 1.